The average molecular weight is 210 g/mol. The van der Waals surface area contributed by atoms with Crippen molar-refractivity contribution in [2.24, 2.45) is 4.99 Å². The van der Waals surface area contributed by atoms with Crippen LogP contribution in [0.5, 0.6) is 0 Å². The van der Waals surface area contributed by atoms with Crippen molar-refractivity contribution in [3.63, 3.8) is 0 Å². The molecule has 1 N–H and O–H groups in total. The molecule has 15 heavy (non-hydrogen) atoms. The van der Waals surface area contributed by atoms with Gasteiger partial charge < -0.3 is 10.4 Å². The molecule has 0 aliphatic rings. The van der Waals surface area contributed by atoms with Crippen molar-refractivity contribution >= 4 is 11.8 Å². The molecule has 1 rings (SSSR count). The van der Waals surface area contributed by atoms with Gasteiger partial charge in [0.1, 0.15) is 0 Å². The first kappa shape index (κ1) is 11.4. The molecule has 0 saturated carbocycles. The van der Waals surface area contributed by atoms with Gasteiger partial charge in [-0.15, -0.1) is 0 Å². The van der Waals surface area contributed by atoms with E-state index in [0.29, 0.717) is 13.1 Å². The summed E-state index contributed by atoms with van der Waals surface area (Å²) < 4.78 is 6.55. The summed E-state index contributed by atoms with van der Waals surface area (Å²) in [6, 6.07) is 0. The van der Waals surface area contributed by atoms with E-state index < -0.39 is 0 Å². The van der Waals surface area contributed by atoms with Crippen molar-refractivity contribution in [3.05, 3.63) is 18.3 Å². The van der Waals surface area contributed by atoms with Gasteiger partial charge in [0.05, 0.1) is 6.54 Å². The fourth-order valence-electron chi connectivity index (χ4n) is 1.13. The number of aromatic nitrogens is 2. The maximum Gasteiger partial charge on any atom is 0.325 e. The first-order valence-corrected chi connectivity index (χ1v) is 4.55. The van der Waals surface area contributed by atoms with Gasteiger partial charge in [-0.1, -0.05) is 6.58 Å². The van der Waals surface area contributed by atoms with E-state index in [-0.39, 0.29) is 11.8 Å². The highest BCUT2D eigenvalue weighted by molar-refractivity contribution is 5.71. The zero-order chi connectivity index (χ0) is 11.3. The summed E-state index contributed by atoms with van der Waals surface area (Å²) >= 11 is 0. The zero-order valence-electron chi connectivity index (χ0n) is 8.86. The lowest BCUT2D eigenvalue weighted by Crippen LogP contribution is -2.39. The Morgan fingerprint density at radius 3 is 3.07 bits per heavy atom. The molecule has 0 radical (unpaired) electrons. The third-order valence-electron chi connectivity index (χ3n) is 1.69. The van der Waals surface area contributed by atoms with Crippen molar-refractivity contribution in [2.75, 3.05) is 7.05 Å². The van der Waals surface area contributed by atoms with Crippen LogP contribution in [-0.2, 0) is 13.1 Å². The van der Waals surface area contributed by atoms with Gasteiger partial charge in [-0.05, 0) is 30.6 Å². The number of aliphatic imine (C=N–C) groups is 1. The molecule has 0 atom stereocenters. The number of hydrogen-bond acceptors (Lipinski definition) is 5. The molecule has 0 fully saturated rings. The van der Waals surface area contributed by atoms with E-state index in [2.05, 4.69) is 22.2 Å². The summed E-state index contributed by atoms with van der Waals surface area (Å²) in [6.45, 7) is 6.02. The molecular weight excluding hydrogens is 196 g/mol. The molecule has 1 aromatic rings. The Bertz CT molecular complexity index is 366. The molecule has 6 nitrogen and oxygen atoms in total. The molecular formula is C9H14N4O2. The minimum atomic E-state index is -0.311. The van der Waals surface area contributed by atoms with E-state index in [1.807, 2.05) is 0 Å². The molecule has 1 heterocycles. The fraction of sp³-hybridized carbons (Fsp3) is 0.444. The molecule has 0 aromatic carbocycles. The third-order valence-corrected chi connectivity index (χ3v) is 1.69. The maximum absolute atomic E-state index is 10.8. The Labute approximate surface area is 87.9 Å². The predicted octanol–water partition coefficient (Wildman–Crippen LogP) is -0.722. The van der Waals surface area contributed by atoms with Crippen LogP contribution in [-0.4, -0.2) is 18.2 Å². The average Bonchev–Trinajstić information content (AvgIpc) is 2.51. The van der Waals surface area contributed by atoms with Gasteiger partial charge in [-0.25, -0.2) is 4.99 Å². The topological polar surface area (TPSA) is 77.4 Å². The van der Waals surface area contributed by atoms with E-state index in [1.165, 1.54) is 6.92 Å². The number of nitrogens with zero attached hydrogens (tertiary/aromatic N) is 3. The van der Waals surface area contributed by atoms with Crippen LogP contribution in [0.3, 0.4) is 0 Å². The molecule has 0 amide bonds. The zero-order valence-corrected chi connectivity index (χ0v) is 8.86. The Kier molecular flexibility index (Phi) is 3.99. The van der Waals surface area contributed by atoms with Crippen LogP contribution < -0.4 is 15.1 Å². The van der Waals surface area contributed by atoms with Crippen molar-refractivity contribution in [1.29, 1.82) is 0 Å². The van der Waals surface area contributed by atoms with Crippen LogP contribution in [0.25, 0.3) is 0 Å². The summed E-state index contributed by atoms with van der Waals surface area (Å²) in [5.74, 6) is -0.0621. The van der Waals surface area contributed by atoms with E-state index in [9.17, 15) is 5.11 Å². The molecule has 82 valence electrons. The predicted molar refractivity (Wildman–Crippen MR) is 52.4 cm³/mol. The second-order valence-corrected chi connectivity index (χ2v) is 2.96. The maximum atomic E-state index is 10.8. The lowest BCUT2D eigenvalue weighted by atomic mass is 10.4. The Morgan fingerprint density at radius 2 is 2.53 bits per heavy atom. The fourth-order valence-corrected chi connectivity index (χ4v) is 1.13. The van der Waals surface area contributed by atoms with Crippen molar-refractivity contribution in [3.8, 4) is 0 Å². The van der Waals surface area contributed by atoms with Gasteiger partial charge in [0.2, 0.25) is 5.27 Å². The minimum absolute atomic E-state index is 0.249. The van der Waals surface area contributed by atoms with Gasteiger partial charge in [0.25, 0.3) is 5.69 Å². The highest BCUT2D eigenvalue weighted by Gasteiger charge is 2.21. The summed E-state index contributed by atoms with van der Waals surface area (Å²) in [4.78, 5) is 3.72. The molecule has 0 aliphatic carbocycles. The number of nitrogens with one attached hydrogen (secondary N) is 1. The first-order valence-electron chi connectivity index (χ1n) is 4.55. The van der Waals surface area contributed by atoms with Crippen LogP contribution >= 0.6 is 0 Å². The smallest absolute Gasteiger partial charge is 0.325 e. The van der Waals surface area contributed by atoms with Gasteiger partial charge in [-0.3, -0.25) is 4.52 Å². The summed E-state index contributed by atoms with van der Waals surface area (Å²) in [5.41, 5.74) is 0.729. The summed E-state index contributed by atoms with van der Waals surface area (Å²) in [6.07, 6.45) is 1.69. The van der Waals surface area contributed by atoms with Crippen molar-refractivity contribution in [1.82, 2.24) is 10.6 Å². The van der Waals surface area contributed by atoms with Crippen LogP contribution in [0.1, 0.15) is 12.6 Å². The van der Waals surface area contributed by atoms with Crippen LogP contribution in [0, 0.1) is 0 Å². The SMILES string of the molecule is C=CC[n+]1noc(/N=C(/C)[O-])c1CNC. The Hall–Kier alpha value is -1.69. The minimum Gasteiger partial charge on any atom is -0.862 e. The molecule has 0 spiro atoms. The van der Waals surface area contributed by atoms with Crippen LogP contribution in [0.2, 0.25) is 0 Å². The molecule has 0 unspecified atom stereocenters. The van der Waals surface area contributed by atoms with Gasteiger partial charge in [-0.2, -0.15) is 0 Å². The quantitative estimate of drug-likeness (QED) is 0.301. The van der Waals surface area contributed by atoms with E-state index in [1.54, 1.807) is 17.8 Å². The number of hydrogen-bond donors (Lipinski definition) is 1. The van der Waals surface area contributed by atoms with Gasteiger partial charge in [0, 0.05) is 0 Å². The van der Waals surface area contributed by atoms with Crippen LogP contribution in [0.15, 0.2) is 22.2 Å². The van der Waals surface area contributed by atoms with Gasteiger partial charge in [0.15, 0.2) is 6.54 Å². The van der Waals surface area contributed by atoms with E-state index in [4.69, 9.17) is 4.52 Å². The third kappa shape index (κ3) is 2.88. The second-order valence-electron chi connectivity index (χ2n) is 2.96. The van der Waals surface area contributed by atoms with Gasteiger partial charge >= 0.3 is 5.88 Å². The lowest BCUT2D eigenvalue weighted by Gasteiger charge is -1.98. The second kappa shape index (κ2) is 5.26. The monoisotopic (exact) mass is 210 g/mol. The standard InChI is InChI=1S/C9H14N4O2/c1-4-5-13-8(6-10-3)9(15-12-13)11-7(2)14/h4,10H,1,5-6H2,2-3H3. The summed E-state index contributed by atoms with van der Waals surface area (Å²) in [5, 5.41) is 17.6. The molecule has 0 aliphatic heterocycles. The van der Waals surface area contributed by atoms with Crippen molar-refractivity contribution in [2.45, 2.75) is 20.0 Å². The summed E-state index contributed by atoms with van der Waals surface area (Å²) in [7, 11) is 1.79. The number of allylic oxidation sites excluding steroid dienone is 1. The largest absolute Gasteiger partial charge is 0.862 e. The Balaban J connectivity index is 3.05. The van der Waals surface area contributed by atoms with Crippen molar-refractivity contribution < 1.29 is 14.3 Å². The molecule has 0 saturated heterocycles. The first-order chi connectivity index (χ1) is 7.19. The highest BCUT2D eigenvalue weighted by Crippen LogP contribution is 2.13. The molecule has 0 bridgehead atoms. The van der Waals surface area contributed by atoms with E-state index in [0.717, 1.165) is 5.69 Å². The normalized spacial score (nSPS) is 11.7. The molecule has 6 heteroatoms. The number of rotatable bonds is 5. The highest BCUT2D eigenvalue weighted by atomic mass is 16.5. The van der Waals surface area contributed by atoms with E-state index >= 15 is 0 Å². The van der Waals surface area contributed by atoms with Crippen LogP contribution in [0.4, 0.5) is 5.88 Å². The molecule has 1 aromatic heterocycles. The Morgan fingerprint density at radius 1 is 1.80 bits per heavy atom. The lowest BCUT2D eigenvalue weighted by molar-refractivity contribution is -0.759.